The molecule has 5 aromatic rings. The highest BCUT2D eigenvalue weighted by molar-refractivity contribution is 6.12. The van der Waals surface area contributed by atoms with Gasteiger partial charge in [0.1, 0.15) is 5.82 Å². The Morgan fingerprint density at radius 1 is 1.00 bits per heavy atom. The number of aromatic nitrogens is 2. The van der Waals surface area contributed by atoms with Crippen LogP contribution in [0.5, 0.6) is 0 Å². The smallest absolute Gasteiger partial charge is 0.221 e. The van der Waals surface area contributed by atoms with E-state index < -0.39 is 0 Å². The Hall–Kier alpha value is -3.99. The number of ketones is 1. The predicted octanol–water partition coefficient (Wildman–Crippen LogP) is 6.01. The van der Waals surface area contributed by atoms with Crippen molar-refractivity contribution < 1.29 is 13.6 Å². The van der Waals surface area contributed by atoms with E-state index in [0.717, 1.165) is 27.4 Å². The Bertz CT molecular complexity index is 1360. The normalized spacial score (nSPS) is 11.6. The number of furan rings is 1. The van der Waals surface area contributed by atoms with E-state index in [2.05, 4.69) is 4.98 Å². The number of para-hydroxylation sites is 1. The van der Waals surface area contributed by atoms with Crippen LogP contribution < -0.4 is 0 Å². The van der Waals surface area contributed by atoms with E-state index in [1.165, 1.54) is 24.5 Å². The quantitative estimate of drug-likeness (QED) is 0.306. The highest BCUT2D eigenvalue weighted by Gasteiger charge is 2.13. The van der Waals surface area contributed by atoms with Crippen molar-refractivity contribution in [1.29, 1.82) is 0 Å². The lowest BCUT2D eigenvalue weighted by atomic mass is 10.1. The van der Waals surface area contributed by atoms with Crippen LogP contribution in [0.2, 0.25) is 0 Å². The van der Waals surface area contributed by atoms with Crippen LogP contribution in [-0.4, -0.2) is 15.8 Å². The van der Waals surface area contributed by atoms with Gasteiger partial charge < -0.3 is 9.40 Å². The van der Waals surface area contributed by atoms with Gasteiger partial charge in [0, 0.05) is 21.9 Å². The summed E-state index contributed by atoms with van der Waals surface area (Å²) in [6.07, 6.45) is 4.57. The number of carbonyl (C=O) groups is 1. The van der Waals surface area contributed by atoms with E-state index in [-0.39, 0.29) is 17.4 Å². The monoisotopic (exact) mass is 382 g/mol. The lowest BCUT2D eigenvalue weighted by Gasteiger charge is -2.05. The van der Waals surface area contributed by atoms with Crippen LogP contribution in [0.4, 0.5) is 4.39 Å². The first-order valence-corrected chi connectivity index (χ1v) is 9.12. The van der Waals surface area contributed by atoms with Crippen molar-refractivity contribution in [3.63, 3.8) is 0 Å². The molecule has 5 heteroatoms. The van der Waals surface area contributed by atoms with Gasteiger partial charge in [-0.15, -0.1) is 0 Å². The molecule has 0 atom stereocenters. The fourth-order valence-electron chi connectivity index (χ4n) is 3.43. The zero-order chi connectivity index (χ0) is 19.8. The first-order valence-electron chi connectivity index (χ1n) is 9.12. The average molecular weight is 382 g/mol. The highest BCUT2D eigenvalue weighted by atomic mass is 19.1. The number of hydrogen-bond donors (Lipinski definition) is 1. The summed E-state index contributed by atoms with van der Waals surface area (Å²) >= 11 is 0. The molecule has 29 heavy (non-hydrogen) atoms. The maximum absolute atomic E-state index is 13.4. The maximum Gasteiger partial charge on any atom is 0.221 e. The Labute approximate surface area is 165 Å². The number of hydrogen-bond acceptors (Lipinski definition) is 3. The maximum atomic E-state index is 13.4. The molecule has 0 bridgehead atoms. The van der Waals surface area contributed by atoms with Crippen molar-refractivity contribution in [3.05, 3.63) is 96.3 Å². The minimum atomic E-state index is -0.304. The Kier molecular flexibility index (Phi) is 4.06. The number of allylic oxidation sites excluding steroid dienone is 1. The van der Waals surface area contributed by atoms with Gasteiger partial charge in [-0.1, -0.05) is 18.2 Å². The molecule has 0 saturated heterocycles. The van der Waals surface area contributed by atoms with Crippen molar-refractivity contribution in [3.8, 4) is 11.3 Å². The van der Waals surface area contributed by atoms with E-state index in [9.17, 15) is 9.18 Å². The number of carbonyl (C=O) groups excluding carboxylic acids is 1. The van der Waals surface area contributed by atoms with Gasteiger partial charge in [0.15, 0.2) is 5.76 Å². The van der Waals surface area contributed by atoms with E-state index in [0.29, 0.717) is 11.4 Å². The van der Waals surface area contributed by atoms with Crippen LogP contribution >= 0.6 is 0 Å². The molecule has 0 unspecified atom stereocenters. The van der Waals surface area contributed by atoms with Crippen molar-refractivity contribution in [2.24, 2.45) is 0 Å². The number of H-pyrrole nitrogens is 1. The van der Waals surface area contributed by atoms with Gasteiger partial charge in [-0.05, 0) is 60.7 Å². The van der Waals surface area contributed by atoms with Gasteiger partial charge >= 0.3 is 0 Å². The summed E-state index contributed by atoms with van der Waals surface area (Å²) in [6.45, 7) is 0. The zero-order valence-corrected chi connectivity index (χ0v) is 15.2. The third-order valence-electron chi connectivity index (χ3n) is 4.80. The van der Waals surface area contributed by atoms with Crippen LogP contribution in [-0.2, 0) is 0 Å². The number of nitrogens with zero attached hydrogens (tertiary/aromatic N) is 1. The minimum Gasteiger partial charge on any atom is -0.461 e. The SMILES string of the molecule is O=C(/C=C/c1cc2c([nH]c3ccccc32)c(-c2ccc(F)cc2)n1)c1ccco1. The molecule has 0 spiro atoms. The molecule has 0 amide bonds. The third-order valence-corrected chi connectivity index (χ3v) is 4.80. The summed E-state index contributed by atoms with van der Waals surface area (Å²) in [5.74, 6) is -0.269. The van der Waals surface area contributed by atoms with Gasteiger partial charge in [-0.3, -0.25) is 4.79 Å². The summed E-state index contributed by atoms with van der Waals surface area (Å²) < 4.78 is 18.6. The number of pyridine rings is 1. The molecule has 0 radical (unpaired) electrons. The number of rotatable bonds is 4. The van der Waals surface area contributed by atoms with Crippen LogP contribution in [0.1, 0.15) is 16.2 Å². The minimum absolute atomic E-state index is 0.237. The number of nitrogens with one attached hydrogen (secondary N) is 1. The Morgan fingerprint density at radius 3 is 2.62 bits per heavy atom. The number of benzene rings is 2. The van der Waals surface area contributed by atoms with Crippen molar-refractivity contribution in [1.82, 2.24) is 9.97 Å². The van der Waals surface area contributed by atoms with Crippen LogP contribution in [0.15, 0.2) is 83.5 Å². The fourth-order valence-corrected chi connectivity index (χ4v) is 3.43. The van der Waals surface area contributed by atoms with Crippen molar-refractivity contribution >= 4 is 33.7 Å². The summed E-state index contributed by atoms with van der Waals surface area (Å²) in [6, 6.07) is 19.4. The Balaban J connectivity index is 1.69. The summed E-state index contributed by atoms with van der Waals surface area (Å²) in [7, 11) is 0. The summed E-state index contributed by atoms with van der Waals surface area (Å²) in [4.78, 5) is 20.4. The lowest BCUT2D eigenvalue weighted by molar-refractivity contribution is 0.102. The molecule has 1 N–H and O–H groups in total. The van der Waals surface area contributed by atoms with Gasteiger partial charge in [-0.2, -0.15) is 0 Å². The highest BCUT2D eigenvalue weighted by Crippen LogP contribution is 2.33. The number of aromatic amines is 1. The zero-order valence-electron chi connectivity index (χ0n) is 15.2. The molecule has 5 rings (SSSR count). The van der Waals surface area contributed by atoms with E-state index in [4.69, 9.17) is 9.40 Å². The largest absolute Gasteiger partial charge is 0.461 e. The summed E-state index contributed by atoms with van der Waals surface area (Å²) in [5, 5.41) is 2.04. The molecule has 0 saturated carbocycles. The van der Waals surface area contributed by atoms with Crippen LogP contribution in [0.3, 0.4) is 0 Å². The average Bonchev–Trinajstić information content (AvgIpc) is 3.40. The molecule has 3 aromatic heterocycles. The molecule has 0 aliphatic heterocycles. The molecule has 4 nitrogen and oxygen atoms in total. The van der Waals surface area contributed by atoms with E-state index >= 15 is 0 Å². The summed E-state index contributed by atoms with van der Waals surface area (Å²) in [5.41, 5.74) is 3.97. The number of halogens is 1. The molecular formula is C24H15FN2O2. The van der Waals surface area contributed by atoms with Gasteiger partial charge in [0.2, 0.25) is 5.78 Å². The molecule has 3 heterocycles. The first kappa shape index (κ1) is 17.1. The fraction of sp³-hybridized carbons (Fsp3) is 0. The number of fused-ring (bicyclic) bond motifs is 3. The molecule has 0 aliphatic rings. The predicted molar refractivity (Wildman–Crippen MR) is 111 cm³/mol. The van der Waals surface area contributed by atoms with Crippen LogP contribution in [0.25, 0.3) is 39.1 Å². The lowest BCUT2D eigenvalue weighted by Crippen LogP contribution is -1.93. The van der Waals surface area contributed by atoms with Gasteiger partial charge in [-0.25, -0.2) is 9.37 Å². The molecular weight excluding hydrogens is 367 g/mol. The van der Waals surface area contributed by atoms with E-state index in [1.807, 2.05) is 30.3 Å². The molecule has 140 valence electrons. The standard InChI is InChI=1S/C24H15FN2O2/c25-16-9-7-15(8-10-16)23-24-19(18-4-1-2-5-20(18)27-24)14-17(26-23)11-12-21(28)22-6-3-13-29-22/h1-14,27H/b12-11+. The molecule has 0 aliphatic carbocycles. The second-order valence-electron chi connectivity index (χ2n) is 6.67. The molecule has 0 fully saturated rings. The third kappa shape index (κ3) is 3.12. The second-order valence-corrected chi connectivity index (χ2v) is 6.67. The first-order chi connectivity index (χ1) is 14.2. The van der Waals surface area contributed by atoms with Crippen LogP contribution in [0, 0.1) is 5.82 Å². The van der Waals surface area contributed by atoms with Gasteiger partial charge in [0.05, 0.1) is 23.2 Å². The molecule has 2 aromatic carbocycles. The second kappa shape index (κ2) is 6.87. The topological polar surface area (TPSA) is 58.9 Å². The van der Waals surface area contributed by atoms with Crippen molar-refractivity contribution in [2.75, 3.05) is 0 Å². The van der Waals surface area contributed by atoms with Crippen molar-refractivity contribution in [2.45, 2.75) is 0 Å². The van der Waals surface area contributed by atoms with Gasteiger partial charge in [0.25, 0.3) is 0 Å². The van der Waals surface area contributed by atoms with E-state index in [1.54, 1.807) is 30.3 Å². The Morgan fingerprint density at radius 2 is 1.83 bits per heavy atom.